The molecule has 28 heavy (non-hydrogen) atoms. The fraction of sp³-hybridized carbons (Fsp3) is 0.208. The molecule has 0 spiro atoms. The normalized spacial score (nSPS) is 10.9. The number of rotatable bonds is 7. The molecule has 4 nitrogen and oxygen atoms in total. The Hall–Kier alpha value is -3.27. The first-order valence-electron chi connectivity index (χ1n) is 9.52. The van der Waals surface area contributed by atoms with Gasteiger partial charge in [0.2, 0.25) is 0 Å². The SMILES string of the molecule is Cc1cc(C)cc(OCCn2c(COc3ccccc3)nc3ccccc32)c1. The highest BCUT2D eigenvalue weighted by atomic mass is 16.5. The zero-order valence-corrected chi connectivity index (χ0v) is 16.3. The van der Waals surface area contributed by atoms with E-state index in [0.29, 0.717) is 19.8 Å². The number of ether oxygens (including phenoxy) is 2. The number of imidazole rings is 1. The van der Waals surface area contributed by atoms with Crippen molar-refractivity contribution in [1.29, 1.82) is 0 Å². The molecule has 0 N–H and O–H groups in total. The lowest BCUT2D eigenvalue weighted by Gasteiger charge is -2.12. The maximum Gasteiger partial charge on any atom is 0.148 e. The number of fused-ring (bicyclic) bond motifs is 1. The van der Waals surface area contributed by atoms with Crippen molar-refractivity contribution in [2.24, 2.45) is 0 Å². The number of hydrogen-bond donors (Lipinski definition) is 0. The fourth-order valence-electron chi connectivity index (χ4n) is 3.42. The van der Waals surface area contributed by atoms with Crippen molar-refractivity contribution >= 4 is 11.0 Å². The summed E-state index contributed by atoms with van der Waals surface area (Å²) in [5.41, 5.74) is 4.49. The van der Waals surface area contributed by atoms with Gasteiger partial charge in [-0.1, -0.05) is 36.4 Å². The molecule has 4 rings (SSSR count). The van der Waals surface area contributed by atoms with Gasteiger partial charge in [0.1, 0.15) is 30.5 Å². The lowest BCUT2D eigenvalue weighted by Crippen LogP contribution is -2.13. The van der Waals surface area contributed by atoms with E-state index in [2.05, 4.69) is 42.7 Å². The second-order valence-electron chi connectivity index (χ2n) is 6.94. The molecule has 0 unspecified atom stereocenters. The van der Waals surface area contributed by atoms with Crippen LogP contribution in [0.5, 0.6) is 11.5 Å². The molecule has 0 saturated carbocycles. The van der Waals surface area contributed by atoms with E-state index in [9.17, 15) is 0 Å². The Morgan fingerprint density at radius 3 is 2.29 bits per heavy atom. The van der Waals surface area contributed by atoms with Gasteiger partial charge in [-0.15, -0.1) is 0 Å². The Morgan fingerprint density at radius 2 is 1.50 bits per heavy atom. The van der Waals surface area contributed by atoms with Crippen LogP contribution in [-0.4, -0.2) is 16.2 Å². The number of aromatic nitrogens is 2. The van der Waals surface area contributed by atoms with Crippen LogP contribution in [0.2, 0.25) is 0 Å². The van der Waals surface area contributed by atoms with Gasteiger partial charge in [-0.05, 0) is 61.4 Å². The molecule has 0 amide bonds. The molecule has 4 heteroatoms. The largest absolute Gasteiger partial charge is 0.492 e. The van der Waals surface area contributed by atoms with Crippen molar-refractivity contribution in [1.82, 2.24) is 9.55 Å². The zero-order valence-electron chi connectivity index (χ0n) is 16.3. The third-order valence-electron chi connectivity index (χ3n) is 4.62. The molecule has 0 saturated heterocycles. The monoisotopic (exact) mass is 372 g/mol. The molecule has 0 atom stereocenters. The maximum absolute atomic E-state index is 6.02. The van der Waals surface area contributed by atoms with E-state index in [1.54, 1.807) is 0 Å². The van der Waals surface area contributed by atoms with E-state index in [0.717, 1.165) is 28.4 Å². The topological polar surface area (TPSA) is 36.3 Å². The van der Waals surface area contributed by atoms with Crippen molar-refractivity contribution in [3.8, 4) is 11.5 Å². The zero-order chi connectivity index (χ0) is 19.3. The van der Waals surface area contributed by atoms with E-state index in [-0.39, 0.29) is 0 Å². The molecule has 4 aromatic rings. The molecule has 0 bridgehead atoms. The molecule has 142 valence electrons. The van der Waals surface area contributed by atoms with Crippen LogP contribution >= 0.6 is 0 Å². The Balaban J connectivity index is 1.51. The summed E-state index contributed by atoms with van der Waals surface area (Å²) in [6.45, 7) is 5.87. The lowest BCUT2D eigenvalue weighted by molar-refractivity contribution is 0.272. The Labute approximate surface area is 165 Å². The quantitative estimate of drug-likeness (QED) is 0.441. The highest BCUT2D eigenvalue weighted by Crippen LogP contribution is 2.20. The number of hydrogen-bond acceptors (Lipinski definition) is 3. The van der Waals surface area contributed by atoms with Crippen molar-refractivity contribution < 1.29 is 9.47 Å². The molecule has 0 radical (unpaired) electrons. The number of para-hydroxylation sites is 3. The van der Waals surface area contributed by atoms with Gasteiger partial charge in [0.15, 0.2) is 0 Å². The van der Waals surface area contributed by atoms with Crippen molar-refractivity contribution in [3.05, 3.63) is 89.7 Å². The summed E-state index contributed by atoms with van der Waals surface area (Å²) in [6.07, 6.45) is 0. The predicted octanol–water partition coefficient (Wildman–Crippen LogP) is 5.31. The Kier molecular flexibility index (Phi) is 5.29. The van der Waals surface area contributed by atoms with Gasteiger partial charge in [0.25, 0.3) is 0 Å². The first kappa shape index (κ1) is 18.1. The molecule has 0 aliphatic carbocycles. The highest BCUT2D eigenvalue weighted by molar-refractivity contribution is 5.75. The van der Waals surface area contributed by atoms with E-state index in [4.69, 9.17) is 14.5 Å². The molecule has 0 fully saturated rings. The molecule has 0 aliphatic rings. The Bertz CT molecular complexity index is 1050. The van der Waals surface area contributed by atoms with Gasteiger partial charge in [-0.25, -0.2) is 4.98 Å². The second kappa shape index (κ2) is 8.17. The summed E-state index contributed by atoms with van der Waals surface area (Å²) in [7, 11) is 0. The summed E-state index contributed by atoms with van der Waals surface area (Å²) in [5.74, 6) is 2.64. The fourth-order valence-corrected chi connectivity index (χ4v) is 3.42. The molecule has 0 aliphatic heterocycles. The van der Waals surface area contributed by atoms with Crippen LogP contribution in [0.15, 0.2) is 72.8 Å². The number of benzene rings is 3. The van der Waals surface area contributed by atoms with E-state index in [1.807, 2.05) is 48.5 Å². The van der Waals surface area contributed by atoms with Gasteiger partial charge in [0, 0.05) is 0 Å². The minimum absolute atomic E-state index is 0.419. The summed E-state index contributed by atoms with van der Waals surface area (Å²) in [6, 6.07) is 24.3. The average Bonchev–Trinajstić information content (AvgIpc) is 3.04. The highest BCUT2D eigenvalue weighted by Gasteiger charge is 2.11. The molecule has 3 aromatic carbocycles. The van der Waals surface area contributed by atoms with Crippen molar-refractivity contribution in [2.45, 2.75) is 27.0 Å². The third-order valence-corrected chi connectivity index (χ3v) is 4.62. The smallest absolute Gasteiger partial charge is 0.148 e. The Morgan fingerprint density at radius 1 is 0.786 bits per heavy atom. The van der Waals surface area contributed by atoms with Gasteiger partial charge < -0.3 is 14.0 Å². The van der Waals surface area contributed by atoms with Crippen molar-refractivity contribution in [3.63, 3.8) is 0 Å². The first-order chi connectivity index (χ1) is 13.7. The molecule has 1 heterocycles. The summed E-state index contributed by atoms with van der Waals surface area (Å²) in [4.78, 5) is 4.76. The van der Waals surface area contributed by atoms with Crippen LogP contribution in [-0.2, 0) is 13.2 Å². The minimum Gasteiger partial charge on any atom is -0.492 e. The molecular formula is C24H24N2O2. The minimum atomic E-state index is 0.419. The van der Waals surface area contributed by atoms with Crippen molar-refractivity contribution in [2.75, 3.05) is 6.61 Å². The average molecular weight is 372 g/mol. The van der Waals surface area contributed by atoms with Gasteiger partial charge in [-0.2, -0.15) is 0 Å². The van der Waals surface area contributed by atoms with Gasteiger partial charge in [-0.3, -0.25) is 0 Å². The third kappa shape index (κ3) is 4.17. The second-order valence-corrected chi connectivity index (χ2v) is 6.94. The predicted molar refractivity (Wildman–Crippen MR) is 112 cm³/mol. The van der Waals surface area contributed by atoms with Crippen LogP contribution < -0.4 is 9.47 Å². The summed E-state index contributed by atoms with van der Waals surface area (Å²) in [5, 5.41) is 0. The van der Waals surface area contributed by atoms with E-state index < -0.39 is 0 Å². The summed E-state index contributed by atoms with van der Waals surface area (Å²) >= 11 is 0. The van der Waals surface area contributed by atoms with Gasteiger partial charge in [0.05, 0.1) is 17.6 Å². The van der Waals surface area contributed by atoms with Crippen LogP contribution in [0.1, 0.15) is 17.0 Å². The van der Waals surface area contributed by atoms with E-state index in [1.165, 1.54) is 11.1 Å². The van der Waals surface area contributed by atoms with Gasteiger partial charge >= 0.3 is 0 Å². The standard InChI is InChI=1S/C24H24N2O2/c1-18-14-19(2)16-21(15-18)27-13-12-26-23-11-7-6-10-22(23)25-24(26)17-28-20-8-4-3-5-9-20/h3-11,14-16H,12-13,17H2,1-2H3. The number of nitrogens with zero attached hydrogens (tertiary/aromatic N) is 2. The number of aryl methyl sites for hydroxylation is 2. The van der Waals surface area contributed by atoms with Crippen LogP contribution in [0.4, 0.5) is 0 Å². The van der Waals surface area contributed by atoms with Crippen LogP contribution in [0.25, 0.3) is 11.0 Å². The molecular weight excluding hydrogens is 348 g/mol. The van der Waals surface area contributed by atoms with E-state index >= 15 is 0 Å². The van der Waals surface area contributed by atoms with Crippen LogP contribution in [0.3, 0.4) is 0 Å². The summed E-state index contributed by atoms with van der Waals surface area (Å²) < 4.78 is 14.1. The maximum atomic E-state index is 6.02. The van der Waals surface area contributed by atoms with Crippen LogP contribution in [0, 0.1) is 13.8 Å². The first-order valence-corrected chi connectivity index (χ1v) is 9.52. The molecule has 1 aromatic heterocycles. The lowest BCUT2D eigenvalue weighted by atomic mass is 10.1.